The molecule has 0 radical (unpaired) electrons. The number of carbonyl (C=O) groups excluding carboxylic acids is 2. The van der Waals surface area contributed by atoms with Gasteiger partial charge in [-0.25, -0.2) is 0 Å². The zero-order valence-electron chi connectivity index (χ0n) is 12.5. The van der Waals surface area contributed by atoms with Gasteiger partial charge in [-0.15, -0.1) is 10.2 Å². The number of carbonyl (C=O) groups is 2. The Morgan fingerprint density at radius 2 is 2.00 bits per heavy atom. The Labute approximate surface area is 141 Å². The summed E-state index contributed by atoms with van der Waals surface area (Å²) >= 11 is 1.21. The standard InChI is InChI=1S/C16H14N4O3S/c21-14(19-16-20-17-10-24-16)12(9-11-5-2-1-3-6-11)18-15(22)13-7-4-8-23-13/h1-8,10,12H,9H2,(H,18,22)(H,19,20,21)/t12-/m1/s1. The van der Waals surface area contributed by atoms with E-state index in [9.17, 15) is 9.59 Å². The van der Waals surface area contributed by atoms with Gasteiger partial charge >= 0.3 is 0 Å². The van der Waals surface area contributed by atoms with Crippen LogP contribution in [0.25, 0.3) is 0 Å². The van der Waals surface area contributed by atoms with Crippen molar-refractivity contribution in [1.29, 1.82) is 0 Å². The normalized spacial score (nSPS) is 11.7. The van der Waals surface area contributed by atoms with Crippen molar-refractivity contribution in [3.05, 3.63) is 65.6 Å². The molecule has 0 fully saturated rings. The minimum absolute atomic E-state index is 0.150. The Morgan fingerprint density at radius 1 is 1.17 bits per heavy atom. The number of amides is 2. The summed E-state index contributed by atoms with van der Waals surface area (Å²) in [7, 11) is 0. The Balaban J connectivity index is 1.74. The molecule has 8 heteroatoms. The maximum Gasteiger partial charge on any atom is 0.287 e. The molecule has 2 amide bonds. The molecule has 0 aliphatic heterocycles. The molecule has 2 heterocycles. The summed E-state index contributed by atoms with van der Waals surface area (Å²) in [5.74, 6) is -0.666. The van der Waals surface area contributed by atoms with Crippen molar-refractivity contribution < 1.29 is 14.0 Å². The summed E-state index contributed by atoms with van der Waals surface area (Å²) in [6, 6.07) is 11.8. The Bertz CT molecular complexity index is 788. The highest BCUT2D eigenvalue weighted by molar-refractivity contribution is 7.13. The van der Waals surface area contributed by atoms with Gasteiger partial charge in [-0.3, -0.25) is 14.9 Å². The van der Waals surface area contributed by atoms with Crippen LogP contribution >= 0.6 is 11.3 Å². The number of anilines is 1. The lowest BCUT2D eigenvalue weighted by molar-refractivity contribution is -0.118. The largest absolute Gasteiger partial charge is 0.459 e. The van der Waals surface area contributed by atoms with E-state index in [0.29, 0.717) is 11.6 Å². The summed E-state index contributed by atoms with van der Waals surface area (Å²) in [4.78, 5) is 24.7. The number of nitrogens with one attached hydrogen (secondary N) is 2. The quantitative estimate of drug-likeness (QED) is 0.715. The van der Waals surface area contributed by atoms with Crippen LogP contribution in [0.4, 0.5) is 5.13 Å². The Kier molecular flexibility index (Phi) is 4.97. The molecule has 0 unspecified atom stereocenters. The maximum absolute atomic E-state index is 12.5. The number of benzene rings is 1. The van der Waals surface area contributed by atoms with E-state index in [1.165, 1.54) is 29.2 Å². The van der Waals surface area contributed by atoms with Gasteiger partial charge < -0.3 is 9.73 Å². The monoisotopic (exact) mass is 342 g/mol. The number of aromatic nitrogens is 2. The molecule has 0 saturated heterocycles. The van der Waals surface area contributed by atoms with Crippen LogP contribution in [0.15, 0.2) is 58.7 Å². The van der Waals surface area contributed by atoms with Crippen molar-refractivity contribution in [3.63, 3.8) is 0 Å². The van der Waals surface area contributed by atoms with Crippen LogP contribution < -0.4 is 10.6 Å². The first-order valence-corrected chi connectivity index (χ1v) is 8.05. The molecular weight excluding hydrogens is 328 g/mol. The summed E-state index contributed by atoms with van der Waals surface area (Å²) in [6.07, 6.45) is 1.75. The highest BCUT2D eigenvalue weighted by Gasteiger charge is 2.23. The fourth-order valence-electron chi connectivity index (χ4n) is 2.12. The fraction of sp³-hybridized carbons (Fsp3) is 0.125. The zero-order chi connectivity index (χ0) is 16.8. The summed E-state index contributed by atoms with van der Waals surface area (Å²) in [5, 5.41) is 13.2. The van der Waals surface area contributed by atoms with Gasteiger partial charge in [-0.05, 0) is 17.7 Å². The average molecular weight is 342 g/mol. The second kappa shape index (κ2) is 7.51. The van der Waals surface area contributed by atoms with Crippen LogP contribution in [0.5, 0.6) is 0 Å². The predicted molar refractivity (Wildman–Crippen MR) is 88.6 cm³/mol. The van der Waals surface area contributed by atoms with Crippen LogP contribution in [-0.4, -0.2) is 28.1 Å². The molecule has 7 nitrogen and oxygen atoms in total. The van der Waals surface area contributed by atoms with Crippen molar-refractivity contribution in [1.82, 2.24) is 15.5 Å². The van der Waals surface area contributed by atoms with Gasteiger partial charge in [0.05, 0.1) is 6.26 Å². The molecule has 1 aromatic carbocycles. The van der Waals surface area contributed by atoms with Gasteiger partial charge in [0.2, 0.25) is 11.0 Å². The van der Waals surface area contributed by atoms with Crippen LogP contribution in [0, 0.1) is 0 Å². The van der Waals surface area contributed by atoms with Crippen molar-refractivity contribution in [2.75, 3.05) is 5.32 Å². The minimum Gasteiger partial charge on any atom is -0.459 e. The first-order valence-electron chi connectivity index (χ1n) is 7.17. The van der Waals surface area contributed by atoms with Crippen LogP contribution in [0.1, 0.15) is 16.1 Å². The number of rotatable bonds is 6. The molecule has 2 N–H and O–H groups in total. The molecule has 122 valence electrons. The molecule has 3 rings (SSSR count). The molecule has 0 saturated carbocycles. The van der Waals surface area contributed by atoms with Crippen LogP contribution in [-0.2, 0) is 11.2 Å². The highest BCUT2D eigenvalue weighted by atomic mass is 32.1. The molecule has 2 aromatic heterocycles. The Hall–Kier alpha value is -3.00. The first-order chi connectivity index (χ1) is 11.7. The summed E-state index contributed by atoms with van der Waals surface area (Å²) < 4.78 is 5.07. The second-order valence-corrected chi connectivity index (χ2v) is 5.76. The molecule has 1 atom stereocenters. The highest BCUT2D eigenvalue weighted by Crippen LogP contribution is 2.11. The number of hydrogen-bond donors (Lipinski definition) is 2. The van der Waals surface area contributed by atoms with Crippen molar-refractivity contribution in [3.8, 4) is 0 Å². The fourth-order valence-corrected chi connectivity index (χ4v) is 2.56. The van der Waals surface area contributed by atoms with Gasteiger partial charge in [0.15, 0.2) is 5.76 Å². The number of nitrogens with zero attached hydrogens (tertiary/aromatic N) is 2. The molecule has 0 spiro atoms. The van der Waals surface area contributed by atoms with E-state index in [1.807, 2.05) is 30.3 Å². The van der Waals surface area contributed by atoms with E-state index in [-0.39, 0.29) is 11.7 Å². The van der Waals surface area contributed by atoms with Crippen molar-refractivity contribution in [2.24, 2.45) is 0 Å². The van der Waals surface area contributed by atoms with Gasteiger partial charge in [0.25, 0.3) is 5.91 Å². The minimum atomic E-state index is -0.770. The van der Waals surface area contributed by atoms with E-state index in [0.717, 1.165) is 5.56 Å². The van der Waals surface area contributed by atoms with E-state index >= 15 is 0 Å². The van der Waals surface area contributed by atoms with E-state index in [1.54, 1.807) is 6.07 Å². The lowest BCUT2D eigenvalue weighted by Gasteiger charge is -2.17. The summed E-state index contributed by atoms with van der Waals surface area (Å²) in [5.41, 5.74) is 2.44. The lowest BCUT2D eigenvalue weighted by Crippen LogP contribution is -2.45. The second-order valence-electron chi connectivity index (χ2n) is 4.93. The predicted octanol–water partition coefficient (Wildman–Crippen LogP) is 2.11. The third-order valence-corrected chi connectivity index (χ3v) is 3.85. The smallest absolute Gasteiger partial charge is 0.287 e. The molecule has 24 heavy (non-hydrogen) atoms. The van der Waals surface area contributed by atoms with Crippen molar-refractivity contribution >= 4 is 28.3 Å². The van der Waals surface area contributed by atoms with Crippen LogP contribution in [0.2, 0.25) is 0 Å². The van der Waals surface area contributed by atoms with E-state index < -0.39 is 11.9 Å². The van der Waals surface area contributed by atoms with Gasteiger partial charge in [-0.1, -0.05) is 41.7 Å². The third-order valence-electron chi connectivity index (χ3n) is 3.24. The summed E-state index contributed by atoms with van der Waals surface area (Å²) in [6.45, 7) is 0. The molecule has 3 aromatic rings. The number of hydrogen-bond acceptors (Lipinski definition) is 6. The van der Waals surface area contributed by atoms with E-state index in [2.05, 4.69) is 20.8 Å². The zero-order valence-corrected chi connectivity index (χ0v) is 13.3. The average Bonchev–Trinajstić information content (AvgIpc) is 3.29. The van der Waals surface area contributed by atoms with Gasteiger partial charge in [0, 0.05) is 6.42 Å². The van der Waals surface area contributed by atoms with Crippen molar-refractivity contribution in [2.45, 2.75) is 12.5 Å². The Morgan fingerprint density at radius 3 is 2.67 bits per heavy atom. The van der Waals surface area contributed by atoms with Gasteiger partial charge in [0.1, 0.15) is 11.6 Å². The third kappa shape index (κ3) is 4.05. The molecule has 0 aliphatic carbocycles. The molecular formula is C16H14N4O3S. The SMILES string of the molecule is O=C(N[C@H](Cc1ccccc1)C(=O)Nc1nncs1)c1ccco1. The molecule has 0 aliphatic rings. The lowest BCUT2D eigenvalue weighted by atomic mass is 10.1. The van der Waals surface area contributed by atoms with Gasteiger partial charge in [-0.2, -0.15) is 0 Å². The first kappa shape index (κ1) is 15.9. The van der Waals surface area contributed by atoms with E-state index in [4.69, 9.17) is 4.42 Å². The maximum atomic E-state index is 12.5. The molecule has 0 bridgehead atoms. The topological polar surface area (TPSA) is 97.1 Å². The number of furan rings is 1. The van der Waals surface area contributed by atoms with Crippen LogP contribution in [0.3, 0.4) is 0 Å².